The van der Waals surface area contributed by atoms with Crippen LogP contribution in [0.25, 0.3) is 11.0 Å². The van der Waals surface area contributed by atoms with Crippen LogP contribution in [0.1, 0.15) is 32.6 Å². The number of nitrogens with one attached hydrogen (secondary N) is 1. The number of aromatic nitrogens is 2. The van der Waals surface area contributed by atoms with E-state index in [-0.39, 0.29) is 5.43 Å². The van der Waals surface area contributed by atoms with Crippen molar-refractivity contribution in [3.8, 4) is 0 Å². The van der Waals surface area contributed by atoms with Gasteiger partial charge in [0.1, 0.15) is 5.65 Å². The Morgan fingerprint density at radius 2 is 2.20 bits per heavy atom. The summed E-state index contributed by atoms with van der Waals surface area (Å²) in [4.78, 5) is 16.7. The largest absolute Gasteiger partial charge is 0.381 e. The predicted molar refractivity (Wildman–Crippen MR) is 85.3 cm³/mol. The molecule has 3 rings (SSSR count). The second-order valence-electron chi connectivity index (χ2n) is 5.31. The van der Waals surface area contributed by atoms with Crippen LogP contribution in [0.4, 0.5) is 5.69 Å². The Morgan fingerprint density at radius 1 is 1.45 bits per heavy atom. The molecule has 2 heterocycles. The van der Waals surface area contributed by atoms with Crippen molar-refractivity contribution in [3.05, 3.63) is 33.2 Å². The highest BCUT2D eigenvalue weighted by Gasteiger charge is 2.15. The van der Waals surface area contributed by atoms with Gasteiger partial charge in [-0.1, -0.05) is 12.8 Å². The van der Waals surface area contributed by atoms with Gasteiger partial charge in [0.25, 0.3) is 0 Å². The highest BCUT2D eigenvalue weighted by atomic mass is 79.9. The number of hydrogen-bond donors (Lipinski definition) is 1. The van der Waals surface area contributed by atoms with Crippen molar-refractivity contribution in [3.63, 3.8) is 0 Å². The maximum atomic E-state index is 12.3. The first kappa shape index (κ1) is 13.6. The summed E-state index contributed by atoms with van der Waals surface area (Å²) < 4.78 is 2.58. The minimum atomic E-state index is 0.00673. The van der Waals surface area contributed by atoms with Crippen molar-refractivity contribution in [2.24, 2.45) is 0 Å². The van der Waals surface area contributed by atoms with E-state index in [4.69, 9.17) is 0 Å². The van der Waals surface area contributed by atoms with E-state index >= 15 is 0 Å². The lowest BCUT2D eigenvalue weighted by Crippen LogP contribution is -2.16. The molecule has 1 N–H and O–H groups in total. The molecule has 0 aliphatic heterocycles. The van der Waals surface area contributed by atoms with Crippen molar-refractivity contribution in [1.29, 1.82) is 0 Å². The molecule has 106 valence electrons. The van der Waals surface area contributed by atoms with E-state index in [0.717, 1.165) is 17.9 Å². The van der Waals surface area contributed by atoms with Gasteiger partial charge in [-0.3, -0.25) is 4.79 Å². The molecule has 0 radical (unpaired) electrons. The van der Waals surface area contributed by atoms with Crippen LogP contribution in [0.5, 0.6) is 0 Å². The van der Waals surface area contributed by atoms with Crippen LogP contribution in [-0.2, 0) is 6.54 Å². The maximum absolute atomic E-state index is 12.3. The molecule has 0 saturated heterocycles. The molecule has 5 heteroatoms. The molecule has 0 atom stereocenters. The number of pyridine rings is 2. The van der Waals surface area contributed by atoms with Crippen LogP contribution in [-0.4, -0.2) is 15.6 Å². The quantitative estimate of drug-likeness (QED) is 0.933. The Morgan fingerprint density at radius 3 is 2.90 bits per heavy atom. The fraction of sp³-hybridized carbons (Fsp3) is 0.467. The third kappa shape index (κ3) is 2.46. The normalized spacial score (nSPS) is 15.9. The summed E-state index contributed by atoms with van der Waals surface area (Å²) >= 11 is 3.34. The van der Waals surface area contributed by atoms with E-state index in [1.165, 1.54) is 25.7 Å². The van der Waals surface area contributed by atoms with Crippen LogP contribution >= 0.6 is 15.9 Å². The summed E-state index contributed by atoms with van der Waals surface area (Å²) in [7, 11) is 0. The summed E-state index contributed by atoms with van der Waals surface area (Å²) in [5.41, 5.74) is 1.70. The molecular weight excluding hydrogens is 318 g/mol. The molecule has 0 amide bonds. The van der Waals surface area contributed by atoms with Crippen molar-refractivity contribution in [2.45, 2.75) is 45.2 Å². The highest BCUT2D eigenvalue weighted by molar-refractivity contribution is 9.10. The molecule has 4 nitrogen and oxygen atoms in total. The molecule has 2 aromatic heterocycles. The third-order valence-corrected chi connectivity index (χ3v) is 4.50. The fourth-order valence-electron chi connectivity index (χ4n) is 2.86. The van der Waals surface area contributed by atoms with E-state index in [2.05, 4.69) is 26.2 Å². The van der Waals surface area contributed by atoms with Crippen molar-refractivity contribution in [1.82, 2.24) is 9.55 Å². The van der Waals surface area contributed by atoms with E-state index in [0.29, 0.717) is 15.9 Å². The van der Waals surface area contributed by atoms with E-state index in [9.17, 15) is 4.79 Å². The Kier molecular flexibility index (Phi) is 3.78. The monoisotopic (exact) mass is 335 g/mol. The van der Waals surface area contributed by atoms with E-state index in [1.807, 2.05) is 30.0 Å². The number of halogens is 1. The smallest absolute Gasteiger partial charge is 0.205 e. The lowest BCUT2D eigenvalue weighted by atomic mass is 10.2. The molecular formula is C15H18BrN3O. The van der Waals surface area contributed by atoms with Gasteiger partial charge < -0.3 is 9.88 Å². The fourth-order valence-corrected chi connectivity index (χ4v) is 3.33. The third-order valence-electron chi connectivity index (χ3n) is 3.94. The number of nitrogens with zero attached hydrogens (tertiary/aromatic N) is 2. The van der Waals surface area contributed by atoms with Crippen molar-refractivity contribution >= 4 is 32.7 Å². The summed E-state index contributed by atoms with van der Waals surface area (Å²) in [6.07, 6.45) is 8.62. The van der Waals surface area contributed by atoms with Crippen LogP contribution in [0.2, 0.25) is 0 Å². The Hall–Kier alpha value is -1.36. The number of aryl methyl sites for hydroxylation is 1. The maximum Gasteiger partial charge on any atom is 0.205 e. The van der Waals surface area contributed by atoms with Gasteiger partial charge in [-0.05, 0) is 41.8 Å². The summed E-state index contributed by atoms with van der Waals surface area (Å²) in [5.74, 6) is 0. The molecule has 20 heavy (non-hydrogen) atoms. The van der Waals surface area contributed by atoms with Gasteiger partial charge >= 0.3 is 0 Å². The van der Waals surface area contributed by atoms with Gasteiger partial charge in [0.15, 0.2) is 0 Å². The molecule has 1 aliphatic rings. The second-order valence-corrected chi connectivity index (χ2v) is 6.17. The van der Waals surface area contributed by atoms with E-state index in [1.54, 1.807) is 0 Å². The molecule has 0 spiro atoms. The van der Waals surface area contributed by atoms with Gasteiger partial charge in [0.2, 0.25) is 5.43 Å². The molecule has 1 fully saturated rings. The average molecular weight is 336 g/mol. The lowest BCUT2D eigenvalue weighted by molar-refractivity contribution is 0.753. The van der Waals surface area contributed by atoms with Crippen molar-refractivity contribution in [2.75, 3.05) is 5.32 Å². The van der Waals surface area contributed by atoms with Crippen molar-refractivity contribution < 1.29 is 0 Å². The standard InChI is InChI=1S/C15H18BrN3O/c1-2-19-9-13(16)14(20)12-7-11(8-17-15(12)19)18-10-5-3-4-6-10/h7-10,18H,2-6H2,1H3. The highest BCUT2D eigenvalue weighted by Crippen LogP contribution is 2.23. The SMILES string of the molecule is CCn1cc(Br)c(=O)c2cc(NC3CCCC3)cnc21. The Bertz CT molecular complexity index is 689. The Labute approximate surface area is 126 Å². The van der Waals surface area contributed by atoms with Gasteiger partial charge in [-0.25, -0.2) is 4.98 Å². The number of hydrogen-bond acceptors (Lipinski definition) is 3. The zero-order valence-electron chi connectivity index (χ0n) is 11.5. The Balaban J connectivity index is 2.05. The number of fused-ring (bicyclic) bond motifs is 1. The molecule has 0 bridgehead atoms. The lowest BCUT2D eigenvalue weighted by Gasteiger charge is -2.14. The number of rotatable bonds is 3. The first-order valence-electron chi connectivity index (χ1n) is 7.14. The molecule has 0 unspecified atom stereocenters. The first-order valence-corrected chi connectivity index (χ1v) is 7.93. The second kappa shape index (κ2) is 5.56. The van der Waals surface area contributed by atoms with E-state index < -0.39 is 0 Å². The minimum absolute atomic E-state index is 0.00673. The molecule has 1 saturated carbocycles. The average Bonchev–Trinajstić information content (AvgIpc) is 2.96. The van der Waals surface area contributed by atoms with Crippen LogP contribution in [0.15, 0.2) is 27.7 Å². The van der Waals surface area contributed by atoms with Gasteiger partial charge in [-0.2, -0.15) is 0 Å². The first-order chi connectivity index (χ1) is 9.69. The summed E-state index contributed by atoms with van der Waals surface area (Å²) in [6.45, 7) is 2.83. The zero-order chi connectivity index (χ0) is 14.1. The minimum Gasteiger partial charge on any atom is -0.381 e. The molecule has 0 aromatic carbocycles. The summed E-state index contributed by atoms with van der Waals surface area (Å²) in [6, 6.07) is 2.45. The topological polar surface area (TPSA) is 46.9 Å². The summed E-state index contributed by atoms with van der Waals surface area (Å²) in [5, 5.41) is 4.16. The van der Waals surface area contributed by atoms with Crippen LogP contribution < -0.4 is 10.7 Å². The molecule has 1 aliphatic carbocycles. The van der Waals surface area contributed by atoms with Gasteiger partial charge in [0.05, 0.1) is 21.7 Å². The predicted octanol–water partition coefficient (Wildman–Crippen LogP) is 3.53. The number of anilines is 1. The zero-order valence-corrected chi connectivity index (χ0v) is 13.1. The van der Waals surface area contributed by atoms with Gasteiger partial charge in [-0.15, -0.1) is 0 Å². The van der Waals surface area contributed by atoms with Crippen LogP contribution in [0.3, 0.4) is 0 Å². The van der Waals surface area contributed by atoms with Crippen LogP contribution in [0, 0.1) is 0 Å². The van der Waals surface area contributed by atoms with Gasteiger partial charge in [0, 0.05) is 18.8 Å². The molecule has 2 aromatic rings.